The summed E-state index contributed by atoms with van der Waals surface area (Å²) in [5.41, 5.74) is -0.728. The van der Waals surface area contributed by atoms with E-state index in [1.165, 1.54) is 10.4 Å². The molecule has 4 nitrogen and oxygen atoms in total. The normalized spacial score (nSPS) is 26.9. The van der Waals surface area contributed by atoms with Gasteiger partial charge in [-0.3, -0.25) is 0 Å². The summed E-state index contributed by atoms with van der Waals surface area (Å²) < 4.78 is 24.3. The summed E-state index contributed by atoms with van der Waals surface area (Å²) in [4.78, 5) is 0. The molecule has 0 spiro atoms. The average molecular weight is 217 g/mol. The van der Waals surface area contributed by atoms with E-state index in [9.17, 15) is 13.5 Å². The molecule has 2 fully saturated rings. The summed E-state index contributed by atoms with van der Waals surface area (Å²) in [6.07, 6.45) is 3.45. The van der Waals surface area contributed by atoms with Gasteiger partial charge in [0, 0.05) is 13.1 Å². The molecule has 80 valence electrons. The molecule has 1 aliphatic carbocycles. The molecule has 0 aromatic carbocycles. The summed E-state index contributed by atoms with van der Waals surface area (Å²) in [7, 11) is -3.20. The highest BCUT2D eigenvalue weighted by molar-refractivity contribution is 7.89. The predicted molar refractivity (Wildman–Crippen MR) is 53.2 cm³/mol. The van der Waals surface area contributed by atoms with Crippen molar-refractivity contribution in [2.24, 2.45) is 5.92 Å². The van der Waals surface area contributed by atoms with Crippen molar-refractivity contribution in [3.63, 3.8) is 0 Å². The molecule has 2 rings (SSSR count). The molecule has 14 heavy (non-hydrogen) atoms. The van der Waals surface area contributed by atoms with E-state index in [4.69, 9.17) is 0 Å². The van der Waals surface area contributed by atoms with Gasteiger partial charge in [-0.15, -0.1) is 6.58 Å². The lowest BCUT2D eigenvalue weighted by molar-refractivity contribution is -0.0763. The summed E-state index contributed by atoms with van der Waals surface area (Å²) >= 11 is 0. The van der Waals surface area contributed by atoms with Crippen LogP contribution in [0.15, 0.2) is 12.7 Å². The monoisotopic (exact) mass is 217 g/mol. The molecule has 5 heteroatoms. The maximum absolute atomic E-state index is 11.5. The van der Waals surface area contributed by atoms with Gasteiger partial charge in [-0.2, -0.15) is 4.31 Å². The summed E-state index contributed by atoms with van der Waals surface area (Å²) in [6.45, 7) is 3.95. The van der Waals surface area contributed by atoms with Gasteiger partial charge in [-0.25, -0.2) is 8.42 Å². The Kier molecular flexibility index (Phi) is 2.21. The Balaban J connectivity index is 1.96. The number of hydrogen-bond acceptors (Lipinski definition) is 3. The number of nitrogens with zero attached hydrogens (tertiary/aromatic N) is 1. The molecular weight excluding hydrogens is 202 g/mol. The largest absolute Gasteiger partial charge is 0.387 e. The van der Waals surface area contributed by atoms with Crippen molar-refractivity contribution in [2.75, 3.05) is 18.8 Å². The first-order chi connectivity index (χ1) is 6.48. The summed E-state index contributed by atoms with van der Waals surface area (Å²) in [5, 5.41) is 9.92. The number of rotatable bonds is 4. The molecule has 2 aliphatic rings. The predicted octanol–water partition coefficient (Wildman–Crippen LogP) is -0.0411. The minimum absolute atomic E-state index is 0.0340. The minimum atomic E-state index is -3.20. The van der Waals surface area contributed by atoms with Gasteiger partial charge in [0.05, 0.1) is 11.4 Å². The topological polar surface area (TPSA) is 57.6 Å². The zero-order valence-electron chi connectivity index (χ0n) is 8.02. The molecule has 1 saturated carbocycles. The Morgan fingerprint density at radius 1 is 1.50 bits per heavy atom. The Bertz CT molecular complexity index is 339. The highest BCUT2D eigenvalue weighted by Crippen LogP contribution is 2.45. The zero-order valence-corrected chi connectivity index (χ0v) is 8.83. The van der Waals surface area contributed by atoms with Gasteiger partial charge >= 0.3 is 0 Å². The molecule has 1 aliphatic heterocycles. The zero-order chi connectivity index (χ0) is 10.4. The van der Waals surface area contributed by atoms with Gasteiger partial charge in [-0.05, 0) is 18.8 Å². The fraction of sp³-hybridized carbons (Fsp3) is 0.778. The lowest BCUT2D eigenvalue weighted by atomic mass is 9.91. The Morgan fingerprint density at radius 3 is 2.50 bits per heavy atom. The number of hydrogen-bond donors (Lipinski definition) is 1. The molecule has 0 radical (unpaired) electrons. The molecule has 1 saturated heterocycles. The second kappa shape index (κ2) is 3.05. The third-order valence-corrected chi connectivity index (χ3v) is 4.66. The summed E-state index contributed by atoms with van der Waals surface area (Å²) in [6, 6.07) is 0. The van der Waals surface area contributed by atoms with E-state index in [1.54, 1.807) is 0 Å². The Labute approximate surface area is 84.3 Å². The van der Waals surface area contributed by atoms with Crippen molar-refractivity contribution < 1.29 is 13.5 Å². The van der Waals surface area contributed by atoms with Gasteiger partial charge < -0.3 is 5.11 Å². The van der Waals surface area contributed by atoms with Crippen molar-refractivity contribution >= 4 is 10.0 Å². The molecule has 0 amide bonds. The van der Waals surface area contributed by atoms with E-state index >= 15 is 0 Å². The number of aliphatic hydroxyl groups is 1. The van der Waals surface area contributed by atoms with Crippen molar-refractivity contribution in [3.8, 4) is 0 Å². The van der Waals surface area contributed by atoms with E-state index in [0.717, 1.165) is 12.8 Å². The molecule has 0 bridgehead atoms. The van der Waals surface area contributed by atoms with E-state index in [1.807, 2.05) is 0 Å². The second-order valence-corrected chi connectivity index (χ2v) is 6.23. The van der Waals surface area contributed by atoms with Crippen LogP contribution in [0.1, 0.15) is 12.8 Å². The van der Waals surface area contributed by atoms with Gasteiger partial charge in [0.1, 0.15) is 0 Å². The third-order valence-electron chi connectivity index (χ3n) is 2.96. The molecule has 0 aromatic rings. The minimum Gasteiger partial charge on any atom is -0.387 e. The van der Waals surface area contributed by atoms with E-state index < -0.39 is 15.6 Å². The van der Waals surface area contributed by atoms with Crippen molar-refractivity contribution in [2.45, 2.75) is 18.4 Å². The van der Waals surface area contributed by atoms with Crippen LogP contribution in [0.5, 0.6) is 0 Å². The SMILES string of the molecule is C=CCS(=O)(=O)N1CC(O)(C2CC2)C1. The molecule has 1 heterocycles. The van der Waals surface area contributed by atoms with Crippen LogP contribution in [0.25, 0.3) is 0 Å². The van der Waals surface area contributed by atoms with Crippen LogP contribution in [0.3, 0.4) is 0 Å². The lowest BCUT2D eigenvalue weighted by Crippen LogP contribution is -2.64. The van der Waals surface area contributed by atoms with Crippen LogP contribution in [0, 0.1) is 5.92 Å². The third kappa shape index (κ3) is 1.60. The molecule has 0 aromatic heterocycles. The van der Waals surface area contributed by atoms with Gasteiger partial charge in [0.2, 0.25) is 10.0 Å². The van der Waals surface area contributed by atoms with Gasteiger partial charge in [0.15, 0.2) is 0 Å². The quantitative estimate of drug-likeness (QED) is 0.672. The average Bonchev–Trinajstić information content (AvgIpc) is 2.80. The maximum atomic E-state index is 11.5. The first-order valence-corrected chi connectivity index (χ1v) is 6.40. The van der Waals surface area contributed by atoms with Crippen LogP contribution in [0.4, 0.5) is 0 Å². The van der Waals surface area contributed by atoms with Crippen LogP contribution in [0.2, 0.25) is 0 Å². The van der Waals surface area contributed by atoms with Crippen LogP contribution in [-0.4, -0.2) is 42.3 Å². The Hall–Kier alpha value is -0.390. The Morgan fingerprint density at radius 2 is 2.07 bits per heavy atom. The van der Waals surface area contributed by atoms with Gasteiger partial charge in [0.25, 0.3) is 0 Å². The van der Waals surface area contributed by atoms with Crippen molar-refractivity contribution in [3.05, 3.63) is 12.7 Å². The van der Waals surface area contributed by atoms with Crippen LogP contribution < -0.4 is 0 Å². The molecule has 0 unspecified atom stereocenters. The van der Waals surface area contributed by atoms with E-state index in [2.05, 4.69) is 6.58 Å². The fourth-order valence-corrected chi connectivity index (χ4v) is 3.24. The van der Waals surface area contributed by atoms with Crippen LogP contribution >= 0.6 is 0 Å². The first kappa shape index (κ1) is 10.1. The van der Waals surface area contributed by atoms with Crippen LogP contribution in [-0.2, 0) is 10.0 Å². The smallest absolute Gasteiger partial charge is 0.217 e. The number of β-amino-alcohol motifs (C(OH)–C–C–N with tert-alkyl or cyclic N) is 1. The summed E-state index contributed by atoms with van der Waals surface area (Å²) in [5.74, 6) is 0.297. The van der Waals surface area contributed by atoms with Crippen molar-refractivity contribution in [1.82, 2.24) is 4.31 Å². The van der Waals surface area contributed by atoms with E-state index in [0.29, 0.717) is 5.92 Å². The lowest BCUT2D eigenvalue weighted by Gasteiger charge is -2.45. The molecular formula is C9H15NO3S. The number of sulfonamides is 1. The first-order valence-electron chi connectivity index (χ1n) is 4.79. The highest BCUT2D eigenvalue weighted by Gasteiger charge is 2.54. The van der Waals surface area contributed by atoms with Gasteiger partial charge in [-0.1, -0.05) is 6.08 Å². The molecule has 1 N–H and O–H groups in total. The second-order valence-electron chi connectivity index (χ2n) is 4.21. The fourth-order valence-electron chi connectivity index (χ4n) is 1.89. The van der Waals surface area contributed by atoms with E-state index in [-0.39, 0.29) is 18.8 Å². The highest BCUT2D eigenvalue weighted by atomic mass is 32.2. The standard InChI is InChI=1S/C9H15NO3S/c1-2-5-14(12,13)10-6-9(11,7-10)8-3-4-8/h2,8,11H,1,3-7H2. The molecule has 0 atom stereocenters. The maximum Gasteiger partial charge on any atom is 0.217 e. The van der Waals surface area contributed by atoms with Crippen molar-refractivity contribution in [1.29, 1.82) is 0 Å².